The summed E-state index contributed by atoms with van der Waals surface area (Å²) in [5.74, 6) is 0.717. The summed E-state index contributed by atoms with van der Waals surface area (Å²) in [5, 5.41) is 15.0. The largest absolute Gasteiger partial charge is 0.456 e. The first-order valence-corrected chi connectivity index (χ1v) is 23.9. The van der Waals surface area contributed by atoms with Crippen LogP contribution in [0.5, 0.6) is 0 Å². The summed E-state index contributed by atoms with van der Waals surface area (Å²) >= 11 is 1.66. The minimum Gasteiger partial charge on any atom is -0.456 e. The molecule has 4 aromatic heterocycles. The van der Waals surface area contributed by atoms with Crippen molar-refractivity contribution < 1.29 is 8.83 Å². The van der Waals surface area contributed by atoms with Gasteiger partial charge in [0, 0.05) is 66.5 Å². The van der Waals surface area contributed by atoms with E-state index in [0.29, 0.717) is 5.82 Å². The van der Waals surface area contributed by atoms with Crippen molar-refractivity contribution in [3.05, 3.63) is 219 Å². The molecule has 0 atom stereocenters. The number of fused-ring (bicyclic) bond motifs is 13. The van der Waals surface area contributed by atoms with Gasteiger partial charge in [-0.25, -0.2) is 9.97 Å². The van der Waals surface area contributed by atoms with Crippen molar-refractivity contribution in [1.29, 1.82) is 0 Å². The monoisotopic (exact) mass is 900 g/mol. The van der Waals surface area contributed by atoms with Crippen molar-refractivity contribution in [2.75, 3.05) is 9.80 Å². The van der Waals surface area contributed by atoms with Gasteiger partial charge in [-0.2, -0.15) is 0 Å². The number of nitrogens with zero attached hydrogens (tertiary/aromatic N) is 4. The molecular weight excluding hydrogens is 865 g/mol. The lowest BCUT2D eigenvalue weighted by Crippen LogP contribution is -2.12. The van der Waals surface area contributed by atoms with Crippen LogP contribution < -0.4 is 9.80 Å². The van der Waals surface area contributed by atoms with Crippen LogP contribution in [0.1, 0.15) is 0 Å². The number of para-hydroxylation sites is 2. The fourth-order valence-electron chi connectivity index (χ4n) is 10.5. The topological polar surface area (TPSA) is 58.5 Å². The first-order valence-electron chi connectivity index (χ1n) is 23.1. The molecule has 0 N–H and O–H groups in total. The van der Waals surface area contributed by atoms with Crippen LogP contribution in [0.15, 0.2) is 227 Å². The molecule has 0 unspecified atom stereocenters. The number of thiophene rings is 1. The number of furan rings is 2. The van der Waals surface area contributed by atoms with Gasteiger partial charge >= 0.3 is 0 Å². The zero-order valence-electron chi connectivity index (χ0n) is 36.8. The first kappa shape index (κ1) is 38.1. The van der Waals surface area contributed by atoms with Crippen molar-refractivity contribution in [3.8, 4) is 0 Å². The van der Waals surface area contributed by atoms with E-state index < -0.39 is 0 Å². The van der Waals surface area contributed by atoms with Crippen molar-refractivity contribution in [2.24, 2.45) is 0 Å². The van der Waals surface area contributed by atoms with Gasteiger partial charge in [0.1, 0.15) is 32.7 Å². The third-order valence-electron chi connectivity index (χ3n) is 13.8. The molecule has 6 nitrogen and oxygen atoms in total. The Hall–Kier alpha value is -9.04. The number of hydrogen-bond acceptors (Lipinski definition) is 7. The Labute approximate surface area is 398 Å². The molecule has 0 radical (unpaired) electrons. The highest BCUT2D eigenvalue weighted by molar-refractivity contribution is 7.25. The second-order valence-electron chi connectivity index (χ2n) is 17.9. The van der Waals surface area contributed by atoms with Crippen LogP contribution in [0.3, 0.4) is 0 Å². The Kier molecular flexibility index (Phi) is 8.13. The lowest BCUT2D eigenvalue weighted by Gasteiger charge is -2.26. The lowest BCUT2D eigenvalue weighted by atomic mass is 10.0. The molecule has 0 spiro atoms. The highest BCUT2D eigenvalue weighted by Gasteiger charge is 2.22. The van der Waals surface area contributed by atoms with E-state index in [9.17, 15) is 0 Å². The molecule has 0 saturated heterocycles. The molecule has 0 aliphatic carbocycles. The Morgan fingerprint density at radius 2 is 0.754 bits per heavy atom. The summed E-state index contributed by atoms with van der Waals surface area (Å²) in [5.41, 5.74) is 9.25. The molecule has 15 aromatic rings. The van der Waals surface area contributed by atoms with Gasteiger partial charge in [0.2, 0.25) is 0 Å². The smallest absolute Gasteiger partial charge is 0.157 e. The van der Waals surface area contributed by atoms with Crippen LogP contribution in [0.2, 0.25) is 0 Å². The molecule has 0 aliphatic heterocycles. The van der Waals surface area contributed by atoms with Crippen LogP contribution in [0, 0.1) is 0 Å². The van der Waals surface area contributed by atoms with Gasteiger partial charge in [0.15, 0.2) is 5.82 Å². The maximum Gasteiger partial charge on any atom is 0.157 e. The summed E-state index contributed by atoms with van der Waals surface area (Å²) in [6.45, 7) is 0. The quantitative estimate of drug-likeness (QED) is 0.155. The summed E-state index contributed by atoms with van der Waals surface area (Å²) in [4.78, 5) is 16.0. The van der Waals surface area contributed by atoms with Gasteiger partial charge in [-0.3, -0.25) is 4.90 Å². The van der Waals surface area contributed by atoms with Gasteiger partial charge in [-0.05, 0) is 146 Å². The van der Waals surface area contributed by atoms with Crippen LogP contribution in [-0.4, -0.2) is 9.97 Å². The van der Waals surface area contributed by atoms with Crippen LogP contribution >= 0.6 is 11.3 Å². The fourth-order valence-corrected chi connectivity index (χ4v) is 11.5. The van der Waals surface area contributed by atoms with Gasteiger partial charge in [-0.1, -0.05) is 97.1 Å². The van der Waals surface area contributed by atoms with E-state index in [2.05, 4.69) is 198 Å². The second-order valence-corrected chi connectivity index (χ2v) is 18.9. The molecular formula is C62H36N4O2S. The van der Waals surface area contributed by atoms with Gasteiger partial charge in [0.05, 0.1) is 11.9 Å². The maximum atomic E-state index is 6.46. The van der Waals surface area contributed by atoms with Crippen molar-refractivity contribution >= 4 is 153 Å². The third-order valence-corrected chi connectivity index (χ3v) is 14.8. The molecule has 0 amide bonds. The van der Waals surface area contributed by atoms with Gasteiger partial charge in [0.25, 0.3) is 0 Å². The predicted octanol–water partition coefficient (Wildman–Crippen LogP) is 18.2. The molecule has 7 heteroatoms. The minimum atomic E-state index is 0.717. The van der Waals surface area contributed by atoms with E-state index in [1.807, 2.05) is 30.5 Å². The van der Waals surface area contributed by atoms with Crippen molar-refractivity contribution in [1.82, 2.24) is 9.97 Å². The van der Waals surface area contributed by atoms with Crippen LogP contribution in [0.25, 0.3) is 107 Å². The molecule has 0 aliphatic rings. The Bertz CT molecular complexity index is 4310. The normalized spacial score (nSPS) is 12.1. The summed E-state index contributed by atoms with van der Waals surface area (Å²) in [6.07, 6.45) is 1.91. The van der Waals surface area contributed by atoms with E-state index in [0.717, 1.165) is 98.1 Å². The SMILES string of the molecule is c1ccc2cc3cc(N(c4ccc5c(c4)oc4ccccc45)c4ccc5c(c4)sc4nc(N(c6ccc7cc8ccccc8cc7c6)c6ccc7c(c6)oc6ccccc67)cnc45)ccc3cc2c1. The van der Waals surface area contributed by atoms with Crippen LogP contribution in [0.4, 0.5) is 34.3 Å². The zero-order valence-corrected chi connectivity index (χ0v) is 37.6. The fraction of sp³-hybridized carbons (Fsp3) is 0. The molecule has 11 aromatic carbocycles. The Balaban J connectivity index is 0.887. The predicted molar refractivity (Wildman–Crippen MR) is 289 cm³/mol. The molecule has 0 saturated carbocycles. The number of benzene rings is 11. The highest BCUT2D eigenvalue weighted by Crippen LogP contribution is 2.45. The first-order chi connectivity index (χ1) is 34.1. The minimum absolute atomic E-state index is 0.717. The zero-order chi connectivity index (χ0) is 45.2. The Morgan fingerprint density at radius 1 is 0.333 bits per heavy atom. The average molecular weight is 901 g/mol. The summed E-state index contributed by atoms with van der Waals surface area (Å²) in [7, 11) is 0. The number of anilines is 6. The third kappa shape index (κ3) is 6.11. The Morgan fingerprint density at radius 3 is 1.33 bits per heavy atom. The number of hydrogen-bond donors (Lipinski definition) is 0. The molecule has 0 bridgehead atoms. The van der Waals surface area contributed by atoms with E-state index in [4.69, 9.17) is 18.8 Å². The van der Waals surface area contributed by atoms with Crippen molar-refractivity contribution in [3.63, 3.8) is 0 Å². The molecule has 69 heavy (non-hydrogen) atoms. The van der Waals surface area contributed by atoms with Gasteiger partial charge < -0.3 is 13.7 Å². The summed E-state index contributed by atoms with van der Waals surface area (Å²) < 4.78 is 14.0. The average Bonchev–Trinajstić information content (AvgIpc) is 4.08. The molecule has 4 heterocycles. The lowest BCUT2D eigenvalue weighted by molar-refractivity contribution is 0.668. The molecule has 0 fully saturated rings. The van der Waals surface area contributed by atoms with E-state index in [-0.39, 0.29) is 0 Å². The van der Waals surface area contributed by atoms with Crippen molar-refractivity contribution in [2.45, 2.75) is 0 Å². The highest BCUT2D eigenvalue weighted by atomic mass is 32.1. The van der Waals surface area contributed by atoms with E-state index >= 15 is 0 Å². The van der Waals surface area contributed by atoms with Crippen LogP contribution in [-0.2, 0) is 0 Å². The maximum absolute atomic E-state index is 6.46. The van der Waals surface area contributed by atoms with E-state index in [1.165, 1.54) is 37.7 Å². The second kappa shape index (κ2) is 14.7. The van der Waals surface area contributed by atoms with Gasteiger partial charge in [-0.15, -0.1) is 11.3 Å². The molecule has 322 valence electrons. The number of rotatable bonds is 6. The van der Waals surface area contributed by atoms with E-state index in [1.54, 1.807) is 11.3 Å². The number of aromatic nitrogens is 2. The molecule has 15 rings (SSSR count). The summed E-state index contributed by atoms with van der Waals surface area (Å²) in [6, 6.07) is 75.6. The standard InChI is InChI=1S/C62H36N4O2S/c1-3-11-39-29-43-31-45(19-17-41(43)27-37(39)9-1)65(47-21-24-52-50-13-5-7-15-55(50)67-57(52)33-47)49-23-26-54-59(35-49)69-62-61(54)63-36-60(64-62)66(48-22-25-53-51-14-6-8-16-56(51)68-58(53)34-48)46-20-18-42-28-38-10-2-4-12-40(38)30-44(42)32-46/h1-36H.